The summed E-state index contributed by atoms with van der Waals surface area (Å²) in [6.45, 7) is 5.48. The number of aryl methyl sites for hydroxylation is 1. The quantitative estimate of drug-likeness (QED) is 0.806. The van der Waals surface area contributed by atoms with Crippen molar-refractivity contribution < 1.29 is 4.39 Å². The molecule has 108 valence electrons. The van der Waals surface area contributed by atoms with Gasteiger partial charge in [0, 0.05) is 16.6 Å². The number of nitrogens with zero attached hydrogens (tertiary/aromatic N) is 2. The van der Waals surface area contributed by atoms with Crippen LogP contribution in [0.3, 0.4) is 0 Å². The lowest BCUT2D eigenvalue weighted by Crippen LogP contribution is -2.26. The van der Waals surface area contributed by atoms with Crippen LogP contribution in [-0.2, 0) is 6.54 Å². The summed E-state index contributed by atoms with van der Waals surface area (Å²) in [5.41, 5.74) is 1.53. The van der Waals surface area contributed by atoms with E-state index in [0.717, 1.165) is 27.7 Å². The Bertz CT molecular complexity index is 578. The molecular formula is C14H16Br2FN3. The molecule has 0 amide bonds. The second-order valence-electron chi connectivity index (χ2n) is 4.32. The molecule has 3 nitrogen and oxygen atoms in total. The summed E-state index contributed by atoms with van der Waals surface area (Å²) in [5, 5.41) is 7.65. The van der Waals surface area contributed by atoms with Crippen molar-refractivity contribution in [3.05, 3.63) is 50.4 Å². The highest BCUT2D eigenvalue weighted by Gasteiger charge is 2.25. The SMILES string of the molecule is CCNC(c1c(F)cccc1Br)c1c(Br)cnn1CC. The number of hydrogen-bond acceptors (Lipinski definition) is 2. The summed E-state index contributed by atoms with van der Waals surface area (Å²) in [4.78, 5) is 0. The number of hydrogen-bond donors (Lipinski definition) is 1. The van der Waals surface area contributed by atoms with Crippen LogP contribution in [0.5, 0.6) is 0 Å². The van der Waals surface area contributed by atoms with Gasteiger partial charge in [-0.05, 0) is 41.5 Å². The molecule has 0 fully saturated rings. The van der Waals surface area contributed by atoms with Crippen molar-refractivity contribution in [2.75, 3.05) is 6.54 Å². The molecule has 1 aromatic heterocycles. The molecule has 2 aromatic rings. The molecule has 6 heteroatoms. The van der Waals surface area contributed by atoms with Gasteiger partial charge in [-0.1, -0.05) is 28.9 Å². The fraction of sp³-hybridized carbons (Fsp3) is 0.357. The van der Waals surface area contributed by atoms with E-state index in [0.29, 0.717) is 5.56 Å². The van der Waals surface area contributed by atoms with E-state index in [-0.39, 0.29) is 11.9 Å². The smallest absolute Gasteiger partial charge is 0.129 e. The Morgan fingerprint density at radius 3 is 2.65 bits per heavy atom. The van der Waals surface area contributed by atoms with E-state index in [9.17, 15) is 4.39 Å². The van der Waals surface area contributed by atoms with E-state index in [1.54, 1.807) is 12.3 Å². The first-order valence-corrected chi connectivity index (χ1v) is 8.07. The molecule has 1 N–H and O–H groups in total. The molecule has 0 saturated heterocycles. The Kier molecular flexibility index (Phi) is 5.35. The summed E-state index contributed by atoms with van der Waals surface area (Å²) in [6.07, 6.45) is 1.75. The van der Waals surface area contributed by atoms with E-state index in [1.807, 2.05) is 24.6 Å². The standard InChI is InChI=1S/C14H16Br2FN3/c1-3-18-13(12-9(15)6-5-7-11(12)17)14-10(16)8-19-20(14)4-2/h5-8,13,18H,3-4H2,1-2H3. The van der Waals surface area contributed by atoms with Crippen LogP contribution in [0.1, 0.15) is 31.1 Å². The van der Waals surface area contributed by atoms with Crippen LogP contribution >= 0.6 is 31.9 Å². The van der Waals surface area contributed by atoms with E-state index in [4.69, 9.17) is 0 Å². The topological polar surface area (TPSA) is 29.9 Å². The average Bonchev–Trinajstić information content (AvgIpc) is 2.78. The van der Waals surface area contributed by atoms with E-state index >= 15 is 0 Å². The van der Waals surface area contributed by atoms with Gasteiger partial charge in [-0.15, -0.1) is 0 Å². The molecule has 1 atom stereocenters. The molecule has 0 aliphatic heterocycles. The molecule has 0 radical (unpaired) electrons. The zero-order chi connectivity index (χ0) is 14.7. The Balaban J connectivity index is 2.59. The fourth-order valence-corrected chi connectivity index (χ4v) is 3.33. The third-order valence-corrected chi connectivity index (χ3v) is 4.41. The highest BCUT2D eigenvalue weighted by molar-refractivity contribution is 9.10. The molecule has 1 heterocycles. The van der Waals surface area contributed by atoms with Crippen LogP contribution in [0, 0.1) is 5.82 Å². The van der Waals surface area contributed by atoms with Crippen molar-refractivity contribution in [2.24, 2.45) is 0 Å². The third kappa shape index (κ3) is 2.97. The number of nitrogens with one attached hydrogen (secondary N) is 1. The van der Waals surface area contributed by atoms with E-state index in [1.165, 1.54) is 6.07 Å². The normalized spacial score (nSPS) is 12.7. The van der Waals surface area contributed by atoms with Crippen LogP contribution in [0.25, 0.3) is 0 Å². The number of benzene rings is 1. The summed E-state index contributed by atoms with van der Waals surface area (Å²) in [5.74, 6) is -0.235. The van der Waals surface area contributed by atoms with Crippen molar-refractivity contribution in [1.82, 2.24) is 15.1 Å². The monoisotopic (exact) mass is 403 g/mol. The van der Waals surface area contributed by atoms with Gasteiger partial charge in [-0.2, -0.15) is 5.10 Å². The van der Waals surface area contributed by atoms with Crippen molar-refractivity contribution in [2.45, 2.75) is 26.4 Å². The molecule has 0 saturated carbocycles. The van der Waals surface area contributed by atoms with Crippen LogP contribution in [0.2, 0.25) is 0 Å². The summed E-state index contributed by atoms with van der Waals surface area (Å²) >= 11 is 6.96. The van der Waals surface area contributed by atoms with Crippen molar-refractivity contribution in [3.63, 3.8) is 0 Å². The van der Waals surface area contributed by atoms with Gasteiger partial charge in [0.2, 0.25) is 0 Å². The molecule has 0 aliphatic rings. The lowest BCUT2D eigenvalue weighted by Gasteiger charge is -2.22. The van der Waals surface area contributed by atoms with Crippen LogP contribution in [-0.4, -0.2) is 16.3 Å². The zero-order valence-electron chi connectivity index (χ0n) is 11.3. The second kappa shape index (κ2) is 6.83. The highest BCUT2D eigenvalue weighted by atomic mass is 79.9. The van der Waals surface area contributed by atoms with Gasteiger partial charge in [-0.25, -0.2) is 4.39 Å². The predicted octanol–water partition coefficient (Wildman–Crippen LogP) is 4.27. The predicted molar refractivity (Wildman–Crippen MR) is 85.2 cm³/mol. The van der Waals surface area contributed by atoms with Gasteiger partial charge in [-0.3, -0.25) is 4.68 Å². The van der Waals surface area contributed by atoms with Gasteiger partial charge in [0.25, 0.3) is 0 Å². The first-order chi connectivity index (χ1) is 9.60. The Hall–Kier alpha value is -0.720. The number of aromatic nitrogens is 2. The fourth-order valence-electron chi connectivity index (χ4n) is 2.24. The minimum absolute atomic E-state index is 0.235. The maximum atomic E-state index is 14.3. The highest BCUT2D eigenvalue weighted by Crippen LogP contribution is 2.34. The summed E-state index contributed by atoms with van der Waals surface area (Å²) in [7, 11) is 0. The van der Waals surface area contributed by atoms with E-state index in [2.05, 4.69) is 42.3 Å². The Labute approximate surface area is 134 Å². The Morgan fingerprint density at radius 1 is 1.30 bits per heavy atom. The van der Waals surface area contributed by atoms with Crippen LogP contribution in [0.4, 0.5) is 4.39 Å². The molecule has 20 heavy (non-hydrogen) atoms. The van der Waals surface area contributed by atoms with Gasteiger partial charge in [0.15, 0.2) is 0 Å². The molecule has 2 rings (SSSR count). The first kappa shape index (κ1) is 15.7. The molecule has 0 bridgehead atoms. The molecule has 1 aromatic carbocycles. The molecular weight excluding hydrogens is 389 g/mol. The molecule has 1 unspecified atom stereocenters. The maximum absolute atomic E-state index is 14.3. The lowest BCUT2D eigenvalue weighted by molar-refractivity contribution is 0.512. The molecule has 0 spiro atoms. The van der Waals surface area contributed by atoms with Gasteiger partial charge >= 0.3 is 0 Å². The van der Waals surface area contributed by atoms with Crippen molar-refractivity contribution >= 4 is 31.9 Å². The molecule has 0 aliphatic carbocycles. The summed E-state index contributed by atoms with van der Waals surface area (Å²) < 4.78 is 17.8. The minimum Gasteiger partial charge on any atom is -0.305 e. The van der Waals surface area contributed by atoms with Gasteiger partial charge in [0.1, 0.15) is 5.82 Å². The maximum Gasteiger partial charge on any atom is 0.129 e. The van der Waals surface area contributed by atoms with Crippen molar-refractivity contribution in [3.8, 4) is 0 Å². The van der Waals surface area contributed by atoms with Gasteiger partial charge in [0.05, 0.1) is 22.4 Å². The number of halogens is 3. The average molecular weight is 405 g/mol. The minimum atomic E-state index is -0.257. The third-order valence-electron chi connectivity index (χ3n) is 3.10. The second-order valence-corrected chi connectivity index (χ2v) is 6.03. The van der Waals surface area contributed by atoms with Crippen LogP contribution in [0.15, 0.2) is 33.3 Å². The Morgan fingerprint density at radius 2 is 2.05 bits per heavy atom. The van der Waals surface area contributed by atoms with E-state index < -0.39 is 0 Å². The lowest BCUT2D eigenvalue weighted by atomic mass is 10.0. The van der Waals surface area contributed by atoms with Crippen LogP contribution < -0.4 is 5.32 Å². The summed E-state index contributed by atoms with van der Waals surface area (Å²) in [6, 6.07) is 4.76. The zero-order valence-corrected chi connectivity index (χ0v) is 14.5. The largest absolute Gasteiger partial charge is 0.305 e. The number of rotatable bonds is 5. The van der Waals surface area contributed by atoms with Gasteiger partial charge < -0.3 is 5.32 Å². The van der Waals surface area contributed by atoms with Crippen molar-refractivity contribution in [1.29, 1.82) is 0 Å². The first-order valence-electron chi connectivity index (χ1n) is 6.48.